The van der Waals surface area contributed by atoms with E-state index >= 15 is 0 Å². The molecule has 0 aliphatic heterocycles. The van der Waals surface area contributed by atoms with Crippen LogP contribution in [0.25, 0.3) is 0 Å². The molecule has 0 bridgehead atoms. The van der Waals surface area contributed by atoms with Crippen LogP contribution in [0, 0.1) is 58.2 Å². The highest BCUT2D eigenvalue weighted by atomic mass is 16.5. The second-order valence-electron chi connectivity index (χ2n) is 18.3. The number of unbranched alkanes of at least 4 members (excludes halogenated alkanes) is 9. The maximum atomic E-state index is 12.5. The second kappa shape index (κ2) is 19.6. The quantitative estimate of drug-likeness (QED) is 0.0700. The van der Waals surface area contributed by atoms with Gasteiger partial charge in [-0.15, -0.1) is 0 Å². The zero-order valence-electron chi connectivity index (χ0n) is 32.5. The Morgan fingerprint density at radius 3 is 2.17 bits per heavy atom. The van der Waals surface area contributed by atoms with Gasteiger partial charge in [-0.1, -0.05) is 111 Å². The molecule has 4 fully saturated rings. The SMILES string of the molecule is CCCCCC/C=C\CCCCCCCC(=O)OCC[C@H](CC[C@@H](C)[C@H]1CC[C@H]2[C@@H]3CCC4CCCC[C@]4(C)[C@H]3CC[C@]12C)C(C)C. The Morgan fingerprint density at radius 1 is 0.723 bits per heavy atom. The number of ether oxygens (including phenoxy) is 1. The molecule has 0 radical (unpaired) electrons. The van der Waals surface area contributed by atoms with Crippen LogP contribution in [-0.2, 0) is 9.53 Å². The number of allylic oxidation sites excluding steroid dienone is 2. The van der Waals surface area contributed by atoms with Crippen molar-refractivity contribution in [2.24, 2.45) is 58.2 Å². The third kappa shape index (κ3) is 10.6. The van der Waals surface area contributed by atoms with Crippen molar-refractivity contribution in [1.82, 2.24) is 0 Å². The van der Waals surface area contributed by atoms with Gasteiger partial charge in [-0.05, 0) is 154 Å². The fraction of sp³-hybridized carbons (Fsp3) is 0.933. The molecular weight excluding hydrogens is 572 g/mol. The van der Waals surface area contributed by atoms with E-state index in [1.54, 1.807) is 0 Å². The number of fused-ring (bicyclic) bond motifs is 5. The number of hydrogen-bond acceptors (Lipinski definition) is 2. The maximum Gasteiger partial charge on any atom is 0.305 e. The fourth-order valence-corrected chi connectivity index (χ4v) is 12.1. The highest BCUT2D eigenvalue weighted by molar-refractivity contribution is 5.69. The lowest BCUT2D eigenvalue weighted by atomic mass is 9.44. The van der Waals surface area contributed by atoms with Gasteiger partial charge in [0, 0.05) is 6.42 Å². The topological polar surface area (TPSA) is 26.3 Å². The third-order valence-electron chi connectivity index (χ3n) is 15.2. The van der Waals surface area contributed by atoms with Gasteiger partial charge in [0.15, 0.2) is 0 Å². The van der Waals surface area contributed by atoms with Crippen LogP contribution in [0.15, 0.2) is 12.2 Å². The summed E-state index contributed by atoms with van der Waals surface area (Å²) in [5.74, 6) is 7.13. The molecule has 4 saturated carbocycles. The molecular formula is C45H80O2. The van der Waals surface area contributed by atoms with Gasteiger partial charge in [-0.2, -0.15) is 0 Å². The van der Waals surface area contributed by atoms with Crippen LogP contribution in [0.2, 0.25) is 0 Å². The van der Waals surface area contributed by atoms with Gasteiger partial charge in [0.05, 0.1) is 6.61 Å². The summed E-state index contributed by atoms with van der Waals surface area (Å²) in [4.78, 5) is 12.5. The number of hydrogen-bond donors (Lipinski definition) is 0. The van der Waals surface area contributed by atoms with Gasteiger partial charge in [-0.3, -0.25) is 4.79 Å². The lowest BCUT2D eigenvalue weighted by Gasteiger charge is -2.61. The molecule has 272 valence electrons. The van der Waals surface area contributed by atoms with Crippen molar-refractivity contribution in [3.63, 3.8) is 0 Å². The summed E-state index contributed by atoms with van der Waals surface area (Å²) in [6.45, 7) is 15.7. The molecule has 0 aromatic rings. The van der Waals surface area contributed by atoms with Crippen molar-refractivity contribution in [3.05, 3.63) is 12.2 Å². The molecule has 0 saturated heterocycles. The number of esters is 1. The minimum atomic E-state index is 0.0310. The molecule has 2 nitrogen and oxygen atoms in total. The van der Waals surface area contributed by atoms with Crippen molar-refractivity contribution in [1.29, 1.82) is 0 Å². The van der Waals surface area contributed by atoms with Crippen LogP contribution < -0.4 is 0 Å². The number of carbonyl (C=O) groups excluding carboxylic acids is 1. The van der Waals surface area contributed by atoms with Gasteiger partial charge in [-0.25, -0.2) is 0 Å². The van der Waals surface area contributed by atoms with Crippen LogP contribution in [0.4, 0.5) is 0 Å². The molecule has 4 aliphatic rings. The third-order valence-corrected chi connectivity index (χ3v) is 15.2. The Balaban J connectivity index is 1.09. The first-order valence-electron chi connectivity index (χ1n) is 21.5. The fourth-order valence-electron chi connectivity index (χ4n) is 12.1. The molecule has 0 heterocycles. The van der Waals surface area contributed by atoms with Gasteiger partial charge in [0.1, 0.15) is 0 Å². The number of rotatable bonds is 21. The second-order valence-corrected chi connectivity index (χ2v) is 18.3. The summed E-state index contributed by atoms with van der Waals surface area (Å²) in [5.41, 5.74) is 1.23. The molecule has 0 aromatic heterocycles. The minimum Gasteiger partial charge on any atom is -0.466 e. The molecule has 0 spiro atoms. The molecule has 0 aromatic carbocycles. The Bertz CT molecular complexity index is 921. The van der Waals surface area contributed by atoms with E-state index in [-0.39, 0.29) is 5.97 Å². The average molecular weight is 653 g/mol. The molecule has 4 rings (SSSR count). The van der Waals surface area contributed by atoms with E-state index in [2.05, 4.69) is 53.7 Å². The Labute approximate surface area is 293 Å². The summed E-state index contributed by atoms with van der Waals surface area (Å²) in [6, 6.07) is 0. The van der Waals surface area contributed by atoms with Crippen molar-refractivity contribution >= 4 is 5.97 Å². The Morgan fingerprint density at radius 2 is 1.43 bits per heavy atom. The lowest BCUT2D eigenvalue weighted by Crippen LogP contribution is -2.53. The van der Waals surface area contributed by atoms with Crippen molar-refractivity contribution < 1.29 is 9.53 Å². The first-order valence-corrected chi connectivity index (χ1v) is 21.5. The largest absolute Gasteiger partial charge is 0.466 e. The average Bonchev–Trinajstić information content (AvgIpc) is 3.41. The Hall–Kier alpha value is -0.790. The van der Waals surface area contributed by atoms with E-state index < -0.39 is 0 Å². The molecule has 2 heteroatoms. The highest BCUT2D eigenvalue weighted by Crippen LogP contribution is 2.68. The highest BCUT2D eigenvalue weighted by Gasteiger charge is 2.60. The normalized spacial score (nSPS) is 33.4. The minimum absolute atomic E-state index is 0.0310. The van der Waals surface area contributed by atoms with E-state index in [1.165, 1.54) is 135 Å². The maximum absolute atomic E-state index is 12.5. The van der Waals surface area contributed by atoms with Gasteiger partial charge >= 0.3 is 5.97 Å². The number of carbonyl (C=O) groups is 1. The summed E-state index contributed by atoms with van der Waals surface area (Å²) in [7, 11) is 0. The zero-order chi connectivity index (χ0) is 33.7. The molecule has 4 aliphatic carbocycles. The van der Waals surface area contributed by atoms with E-state index in [0.717, 1.165) is 54.8 Å². The van der Waals surface area contributed by atoms with Crippen LogP contribution in [0.3, 0.4) is 0 Å². The van der Waals surface area contributed by atoms with E-state index in [4.69, 9.17) is 4.74 Å². The monoisotopic (exact) mass is 653 g/mol. The Kier molecular flexibility index (Phi) is 16.2. The first kappa shape index (κ1) is 39.0. The molecule has 47 heavy (non-hydrogen) atoms. The summed E-state index contributed by atoms with van der Waals surface area (Å²) in [5, 5.41) is 0. The van der Waals surface area contributed by atoms with E-state index in [0.29, 0.717) is 35.7 Å². The van der Waals surface area contributed by atoms with Gasteiger partial charge in [0.2, 0.25) is 0 Å². The summed E-state index contributed by atoms with van der Waals surface area (Å²) in [6.07, 6.45) is 38.0. The van der Waals surface area contributed by atoms with Gasteiger partial charge in [0.25, 0.3) is 0 Å². The first-order chi connectivity index (χ1) is 22.7. The smallest absolute Gasteiger partial charge is 0.305 e. The summed E-state index contributed by atoms with van der Waals surface area (Å²) >= 11 is 0. The predicted octanol–water partition coefficient (Wildman–Crippen LogP) is 13.9. The van der Waals surface area contributed by atoms with Crippen LogP contribution in [-0.4, -0.2) is 12.6 Å². The van der Waals surface area contributed by atoms with Crippen LogP contribution >= 0.6 is 0 Å². The zero-order valence-corrected chi connectivity index (χ0v) is 32.5. The van der Waals surface area contributed by atoms with E-state index in [1.807, 2.05) is 0 Å². The molecule has 0 N–H and O–H groups in total. The van der Waals surface area contributed by atoms with E-state index in [9.17, 15) is 4.79 Å². The van der Waals surface area contributed by atoms with Gasteiger partial charge < -0.3 is 4.74 Å². The van der Waals surface area contributed by atoms with Crippen LogP contribution in [0.5, 0.6) is 0 Å². The standard InChI is InChI=1S/C45H80O2/c1-7-8-9-10-11-12-13-14-15-16-17-18-19-23-43(46)47-34-31-37(35(2)3)25-24-36(4)40-28-29-41-39-27-26-38-22-20-21-32-44(38,5)42(39)30-33-45(40,41)6/h12-13,35-42H,7-11,14-34H2,1-6H3/b13-12-/t36-,37+,38?,39+,40-,41+,42+,44+,45-/m1/s1. The summed E-state index contributed by atoms with van der Waals surface area (Å²) < 4.78 is 5.77. The molecule has 9 atom stereocenters. The predicted molar refractivity (Wildman–Crippen MR) is 202 cm³/mol. The molecule has 0 amide bonds. The lowest BCUT2D eigenvalue weighted by molar-refractivity contribution is -0.144. The molecule has 1 unspecified atom stereocenters. The van der Waals surface area contributed by atoms with Crippen LogP contribution in [0.1, 0.15) is 202 Å². The van der Waals surface area contributed by atoms with Crippen molar-refractivity contribution in [3.8, 4) is 0 Å². The van der Waals surface area contributed by atoms with Crippen molar-refractivity contribution in [2.75, 3.05) is 6.61 Å². The van der Waals surface area contributed by atoms with Crippen molar-refractivity contribution in [2.45, 2.75) is 202 Å².